The monoisotopic (exact) mass is 326 g/mol. The predicted octanol–water partition coefficient (Wildman–Crippen LogP) is 4.34. The summed E-state index contributed by atoms with van der Waals surface area (Å²) in [6, 6.07) is 8.52. The normalized spacial score (nSPS) is 14.6. The number of rotatable bonds is 2. The zero-order chi connectivity index (χ0) is 15.8. The number of hydrogen-bond acceptors (Lipinski definition) is 3. The standard InChI is InChI=1S/C18H15FN2OS/c19-15-5-3-4-13-14(18(22)21-7-1-2-8-21)10-16(20-17(13)15)12-6-9-23-11-12/h3-6,9-11H,1-2,7-8H2. The molecule has 4 rings (SSSR count). The molecule has 1 saturated heterocycles. The van der Waals surface area contributed by atoms with E-state index >= 15 is 0 Å². The first-order chi connectivity index (χ1) is 11.2. The van der Waals surface area contributed by atoms with Crippen LogP contribution in [0.5, 0.6) is 0 Å². The maximum absolute atomic E-state index is 14.2. The fourth-order valence-corrected chi connectivity index (χ4v) is 3.69. The second kappa shape index (κ2) is 5.74. The molecule has 0 spiro atoms. The number of thiophene rings is 1. The largest absolute Gasteiger partial charge is 0.339 e. The Morgan fingerprint density at radius 2 is 2.04 bits per heavy atom. The number of pyridine rings is 1. The Bertz CT molecular complexity index is 870. The Labute approximate surface area is 137 Å². The third-order valence-corrected chi connectivity index (χ3v) is 4.91. The van der Waals surface area contributed by atoms with Crippen LogP contribution in [0, 0.1) is 5.82 Å². The van der Waals surface area contributed by atoms with Crippen molar-refractivity contribution in [1.82, 2.24) is 9.88 Å². The topological polar surface area (TPSA) is 33.2 Å². The summed E-state index contributed by atoms with van der Waals surface area (Å²) in [5, 5.41) is 4.49. The van der Waals surface area contributed by atoms with Crippen LogP contribution in [0.2, 0.25) is 0 Å². The van der Waals surface area contributed by atoms with Crippen molar-refractivity contribution in [2.45, 2.75) is 12.8 Å². The fourth-order valence-electron chi connectivity index (χ4n) is 3.04. The summed E-state index contributed by atoms with van der Waals surface area (Å²) in [5.74, 6) is -0.424. The van der Waals surface area contributed by atoms with Crippen molar-refractivity contribution in [2.24, 2.45) is 0 Å². The summed E-state index contributed by atoms with van der Waals surface area (Å²) in [4.78, 5) is 19.2. The van der Waals surface area contributed by atoms with Gasteiger partial charge in [-0.1, -0.05) is 12.1 Å². The first-order valence-corrected chi connectivity index (χ1v) is 8.59. The van der Waals surface area contributed by atoms with Gasteiger partial charge in [-0.25, -0.2) is 9.37 Å². The first kappa shape index (κ1) is 14.3. The third-order valence-electron chi connectivity index (χ3n) is 4.23. The van der Waals surface area contributed by atoms with Crippen molar-refractivity contribution in [1.29, 1.82) is 0 Å². The molecular formula is C18H15FN2OS. The molecule has 5 heteroatoms. The lowest BCUT2D eigenvalue weighted by molar-refractivity contribution is 0.0794. The molecule has 3 nitrogen and oxygen atoms in total. The summed E-state index contributed by atoms with van der Waals surface area (Å²) in [5.41, 5.74) is 2.36. The van der Waals surface area contributed by atoms with E-state index in [1.54, 1.807) is 29.5 Å². The van der Waals surface area contributed by atoms with Crippen molar-refractivity contribution >= 4 is 28.1 Å². The quantitative estimate of drug-likeness (QED) is 0.702. The molecule has 0 atom stereocenters. The number of likely N-dealkylation sites (tertiary alicyclic amines) is 1. The highest BCUT2D eigenvalue weighted by atomic mass is 32.1. The van der Waals surface area contributed by atoms with Gasteiger partial charge in [0.15, 0.2) is 0 Å². The highest BCUT2D eigenvalue weighted by Crippen LogP contribution is 2.29. The maximum Gasteiger partial charge on any atom is 0.254 e. The van der Waals surface area contributed by atoms with E-state index in [1.807, 2.05) is 21.7 Å². The van der Waals surface area contributed by atoms with Gasteiger partial charge >= 0.3 is 0 Å². The summed E-state index contributed by atoms with van der Waals surface area (Å²) in [6.07, 6.45) is 2.06. The number of aromatic nitrogens is 1. The zero-order valence-electron chi connectivity index (χ0n) is 12.5. The second-order valence-electron chi connectivity index (χ2n) is 5.70. The molecule has 3 aromatic rings. The molecule has 0 unspecified atom stereocenters. The molecule has 0 aliphatic carbocycles. The van der Waals surface area contributed by atoms with Crippen LogP contribution in [0.3, 0.4) is 0 Å². The molecule has 0 N–H and O–H groups in total. The van der Waals surface area contributed by atoms with Crippen molar-refractivity contribution < 1.29 is 9.18 Å². The van der Waals surface area contributed by atoms with Crippen LogP contribution >= 0.6 is 11.3 Å². The van der Waals surface area contributed by atoms with Crippen molar-refractivity contribution in [3.8, 4) is 11.3 Å². The highest BCUT2D eigenvalue weighted by Gasteiger charge is 2.23. The SMILES string of the molecule is O=C(c1cc(-c2ccsc2)nc2c(F)cccc12)N1CCCC1. The zero-order valence-corrected chi connectivity index (χ0v) is 13.3. The van der Waals surface area contributed by atoms with Crippen molar-refractivity contribution in [3.63, 3.8) is 0 Å². The third kappa shape index (κ3) is 2.51. The van der Waals surface area contributed by atoms with E-state index < -0.39 is 5.82 Å². The average Bonchev–Trinajstić information content (AvgIpc) is 3.27. The van der Waals surface area contributed by atoms with Crippen LogP contribution in [-0.2, 0) is 0 Å². The molecule has 116 valence electrons. The van der Waals surface area contributed by atoms with Crippen LogP contribution in [-0.4, -0.2) is 28.9 Å². The van der Waals surface area contributed by atoms with E-state index in [4.69, 9.17) is 0 Å². The van der Waals surface area contributed by atoms with Crippen LogP contribution in [0.15, 0.2) is 41.1 Å². The Hall–Kier alpha value is -2.27. The molecule has 1 aliphatic heterocycles. The van der Waals surface area contributed by atoms with E-state index in [9.17, 15) is 9.18 Å². The maximum atomic E-state index is 14.2. The minimum absolute atomic E-state index is 0.0306. The van der Waals surface area contributed by atoms with Crippen LogP contribution < -0.4 is 0 Å². The average molecular weight is 326 g/mol. The second-order valence-corrected chi connectivity index (χ2v) is 6.48. The number of fused-ring (bicyclic) bond motifs is 1. The van der Waals surface area contributed by atoms with Gasteiger partial charge in [0, 0.05) is 29.4 Å². The number of benzene rings is 1. The summed E-state index contributed by atoms with van der Waals surface area (Å²) in [7, 11) is 0. The molecule has 2 aromatic heterocycles. The van der Waals surface area contributed by atoms with E-state index in [0.717, 1.165) is 31.5 Å². The Morgan fingerprint density at radius 3 is 2.78 bits per heavy atom. The van der Waals surface area contributed by atoms with Gasteiger partial charge in [0.2, 0.25) is 0 Å². The number of para-hydroxylation sites is 1. The minimum Gasteiger partial charge on any atom is -0.339 e. The van der Waals surface area contributed by atoms with E-state index in [0.29, 0.717) is 16.6 Å². The van der Waals surface area contributed by atoms with E-state index in [1.165, 1.54) is 6.07 Å². The smallest absolute Gasteiger partial charge is 0.254 e. The van der Waals surface area contributed by atoms with Gasteiger partial charge in [-0.2, -0.15) is 11.3 Å². The first-order valence-electron chi connectivity index (χ1n) is 7.65. The summed E-state index contributed by atoms with van der Waals surface area (Å²) in [6.45, 7) is 1.54. The lowest BCUT2D eigenvalue weighted by atomic mass is 10.0. The van der Waals surface area contributed by atoms with E-state index in [2.05, 4.69) is 4.98 Å². The molecule has 1 aromatic carbocycles. The molecule has 3 heterocycles. The minimum atomic E-state index is -0.393. The van der Waals surface area contributed by atoms with Gasteiger partial charge < -0.3 is 4.90 Å². The number of carbonyl (C=O) groups excluding carboxylic acids is 1. The van der Waals surface area contributed by atoms with Crippen molar-refractivity contribution in [2.75, 3.05) is 13.1 Å². The van der Waals surface area contributed by atoms with Gasteiger partial charge in [-0.3, -0.25) is 4.79 Å². The number of halogens is 1. The van der Waals surface area contributed by atoms with Crippen LogP contribution in [0.25, 0.3) is 22.2 Å². The molecule has 0 bridgehead atoms. The molecule has 0 radical (unpaired) electrons. The Balaban J connectivity index is 1.93. The van der Waals surface area contributed by atoms with Gasteiger partial charge in [-0.05, 0) is 36.4 Å². The number of hydrogen-bond donors (Lipinski definition) is 0. The van der Waals surface area contributed by atoms with Gasteiger partial charge in [0.1, 0.15) is 11.3 Å². The molecule has 1 amide bonds. The molecule has 1 fully saturated rings. The predicted molar refractivity (Wildman–Crippen MR) is 90.2 cm³/mol. The molecule has 23 heavy (non-hydrogen) atoms. The van der Waals surface area contributed by atoms with Gasteiger partial charge in [0.25, 0.3) is 5.91 Å². The van der Waals surface area contributed by atoms with Gasteiger partial charge in [-0.15, -0.1) is 0 Å². The Morgan fingerprint density at radius 1 is 1.22 bits per heavy atom. The summed E-state index contributed by atoms with van der Waals surface area (Å²) < 4.78 is 14.2. The number of nitrogens with zero attached hydrogens (tertiary/aromatic N) is 2. The van der Waals surface area contributed by atoms with E-state index in [-0.39, 0.29) is 11.4 Å². The fraction of sp³-hybridized carbons (Fsp3) is 0.222. The summed E-state index contributed by atoms with van der Waals surface area (Å²) >= 11 is 1.55. The number of carbonyl (C=O) groups is 1. The van der Waals surface area contributed by atoms with Crippen molar-refractivity contribution in [3.05, 3.63) is 52.5 Å². The van der Waals surface area contributed by atoms with Crippen LogP contribution in [0.4, 0.5) is 4.39 Å². The molecular weight excluding hydrogens is 311 g/mol. The lowest BCUT2D eigenvalue weighted by Crippen LogP contribution is -2.28. The van der Waals surface area contributed by atoms with Gasteiger partial charge in [0.05, 0.1) is 11.3 Å². The number of amides is 1. The Kier molecular flexibility index (Phi) is 3.58. The highest BCUT2D eigenvalue weighted by molar-refractivity contribution is 7.08. The molecule has 0 saturated carbocycles. The van der Waals surface area contributed by atoms with Crippen LogP contribution in [0.1, 0.15) is 23.2 Å². The molecule has 1 aliphatic rings. The lowest BCUT2D eigenvalue weighted by Gasteiger charge is -2.17.